The molecule has 1 aliphatic rings. The molecule has 2 heterocycles. The molecule has 5 rings (SSSR count). The fourth-order valence-electron chi connectivity index (χ4n) is 4.60. The van der Waals surface area contributed by atoms with Crippen LogP contribution in [0.4, 0.5) is 10.5 Å². The molecule has 0 saturated carbocycles. The summed E-state index contributed by atoms with van der Waals surface area (Å²) in [6.07, 6.45) is 0. The van der Waals surface area contributed by atoms with E-state index in [0.29, 0.717) is 50.6 Å². The third-order valence-electron chi connectivity index (χ3n) is 6.47. The molecule has 0 saturated heterocycles. The molecule has 0 radical (unpaired) electrons. The molecule has 41 heavy (non-hydrogen) atoms. The Kier molecular flexibility index (Phi) is 7.62. The molecule has 11 nitrogen and oxygen atoms in total. The van der Waals surface area contributed by atoms with Crippen molar-refractivity contribution in [1.82, 2.24) is 20.1 Å². The van der Waals surface area contributed by atoms with Crippen LogP contribution in [0.25, 0.3) is 5.69 Å². The van der Waals surface area contributed by atoms with Gasteiger partial charge in [-0.05, 0) is 44.2 Å². The zero-order chi connectivity index (χ0) is 29.1. The summed E-state index contributed by atoms with van der Waals surface area (Å²) in [5.74, 6) is 0.553. The molecule has 12 heteroatoms. The number of anilines is 1. The quantitative estimate of drug-likeness (QED) is 0.308. The van der Waals surface area contributed by atoms with Gasteiger partial charge in [0.25, 0.3) is 5.66 Å². The maximum Gasteiger partial charge on any atom is 0.363 e. The number of amides is 2. The Morgan fingerprint density at radius 2 is 1.76 bits per heavy atom. The molecule has 1 aromatic heterocycles. The molecule has 1 unspecified atom stereocenters. The van der Waals surface area contributed by atoms with Crippen molar-refractivity contribution >= 4 is 35.0 Å². The first-order valence-corrected chi connectivity index (χ1v) is 13.1. The first-order chi connectivity index (χ1) is 19.8. The number of aliphatic imine (C=N–C) groups is 1. The topological polar surface area (TPSA) is 129 Å². The van der Waals surface area contributed by atoms with Gasteiger partial charge in [-0.25, -0.2) is 14.6 Å². The highest BCUT2D eigenvalue weighted by Gasteiger charge is 2.51. The van der Waals surface area contributed by atoms with Crippen LogP contribution in [0.2, 0.25) is 5.02 Å². The van der Waals surface area contributed by atoms with Gasteiger partial charge in [-0.1, -0.05) is 41.9 Å². The Hall–Kier alpha value is -4.90. The second-order valence-electron chi connectivity index (χ2n) is 8.97. The molecular weight excluding hydrogens is 548 g/mol. The number of aryl methyl sites for hydroxylation is 1. The van der Waals surface area contributed by atoms with Crippen LogP contribution in [0.5, 0.6) is 11.5 Å². The number of hydrogen-bond acceptors (Lipinski definition) is 8. The van der Waals surface area contributed by atoms with E-state index in [1.807, 2.05) is 24.3 Å². The van der Waals surface area contributed by atoms with E-state index in [9.17, 15) is 9.59 Å². The summed E-state index contributed by atoms with van der Waals surface area (Å²) in [5, 5.41) is 14.6. The van der Waals surface area contributed by atoms with Crippen molar-refractivity contribution in [2.75, 3.05) is 26.1 Å². The largest absolute Gasteiger partial charge is 0.497 e. The van der Waals surface area contributed by atoms with Gasteiger partial charge in [0.15, 0.2) is 5.82 Å². The second-order valence-corrected chi connectivity index (χ2v) is 9.40. The zero-order valence-corrected chi connectivity index (χ0v) is 23.5. The fraction of sp³-hybridized carbons (Fsp3) is 0.207. The van der Waals surface area contributed by atoms with Gasteiger partial charge in [0.05, 0.1) is 37.9 Å². The van der Waals surface area contributed by atoms with Gasteiger partial charge in [-0.2, -0.15) is 0 Å². The normalized spacial score (nSPS) is 15.5. The number of rotatable bonds is 7. The van der Waals surface area contributed by atoms with Crippen LogP contribution in [0.3, 0.4) is 0 Å². The minimum atomic E-state index is -2.14. The van der Waals surface area contributed by atoms with Crippen molar-refractivity contribution in [3.8, 4) is 17.2 Å². The molecule has 1 aliphatic heterocycles. The number of carbonyl (C=O) groups is 2. The third-order valence-corrected chi connectivity index (χ3v) is 6.72. The summed E-state index contributed by atoms with van der Waals surface area (Å²) in [6.45, 7) is 3.44. The van der Waals surface area contributed by atoms with Gasteiger partial charge in [-0.15, -0.1) is 10.2 Å². The lowest BCUT2D eigenvalue weighted by molar-refractivity contribution is -0.151. The standard InChI is InChI=1S/C29H27ClN6O5/c1-5-41-27(37)29(33-28(38)31-22-16-20(39-3)14-15-24(22)40-4)26-35-34-17(2)36(26)23-9-7-6-8-21(23)25(32-29)18-10-12-19(30)13-11-18/h6-16H,5H2,1-4H3,(H2,31,33,38). The van der Waals surface area contributed by atoms with Gasteiger partial charge in [0.1, 0.15) is 17.3 Å². The number of benzene rings is 3. The lowest BCUT2D eigenvalue weighted by Crippen LogP contribution is -2.54. The molecule has 0 bridgehead atoms. The lowest BCUT2D eigenvalue weighted by Gasteiger charge is -2.28. The molecule has 3 aromatic carbocycles. The molecule has 2 amide bonds. The highest BCUT2D eigenvalue weighted by Crippen LogP contribution is 2.35. The number of nitrogens with one attached hydrogen (secondary N) is 2. The van der Waals surface area contributed by atoms with E-state index in [-0.39, 0.29) is 12.4 Å². The monoisotopic (exact) mass is 574 g/mol. The Morgan fingerprint density at radius 1 is 1.00 bits per heavy atom. The number of hydrogen-bond donors (Lipinski definition) is 2. The lowest BCUT2D eigenvalue weighted by atomic mass is 10.00. The highest BCUT2D eigenvalue weighted by molar-refractivity contribution is 6.30. The van der Waals surface area contributed by atoms with Gasteiger partial charge >= 0.3 is 12.0 Å². The number of carbonyl (C=O) groups excluding carboxylic acids is 2. The number of aromatic nitrogens is 3. The van der Waals surface area contributed by atoms with E-state index in [4.69, 9.17) is 30.8 Å². The molecule has 0 aliphatic carbocycles. The Labute approximate surface area is 241 Å². The minimum absolute atomic E-state index is 0.0272. The average molecular weight is 575 g/mol. The molecule has 2 N–H and O–H groups in total. The van der Waals surface area contributed by atoms with E-state index in [2.05, 4.69) is 20.8 Å². The van der Waals surface area contributed by atoms with E-state index in [0.717, 1.165) is 0 Å². The fourth-order valence-corrected chi connectivity index (χ4v) is 4.72. The van der Waals surface area contributed by atoms with Crippen LogP contribution < -0.4 is 20.1 Å². The van der Waals surface area contributed by atoms with Crippen molar-refractivity contribution in [2.45, 2.75) is 19.5 Å². The predicted molar refractivity (Wildman–Crippen MR) is 153 cm³/mol. The SMILES string of the molecule is CCOC(=O)C1(NC(=O)Nc2cc(OC)ccc2OC)N=C(c2ccc(Cl)cc2)c2ccccc2-n2c(C)nnc21. The maximum absolute atomic E-state index is 13.9. The first kappa shape index (κ1) is 27.7. The Bertz CT molecular complexity index is 1650. The van der Waals surface area contributed by atoms with Crippen LogP contribution in [-0.4, -0.2) is 53.3 Å². The van der Waals surface area contributed by atoms with E-state index in [1.54, 1.807) is 60.9 Å². The van der Waals surface area contributed by atoms with Gasteiger partial charge in [0, 0.05) is 22.2 Å². The second kappa shape index (κ2) is 11.3. The molecule has 0 spiro atoms. The van der Waals surface area contributed by atoms with Crippen molar-refractivity contribution in [3.05, 3.63) is 94.5 Å². The number of para-hydroxylation sites is 1. The van der Waals surface area contributed by atoms with Crippen LogP contribution in [0.1, 0.15) is 29.7 Å². The number of urea groups is 1. The maximum atomic E-state index is 13.9. The summed E-state index contributed by atoms with van der Waals surface area (Å²) < 4.78 is 17.9. The van der Waals surface area contributed by atoms with Crippen LogP contribution >= 0.6 is 11.6 Å². The van der Waals surface area contributed by atoms with E-state index < -0.39 is 17.7 Å². The van der Waals surface area contributed by atoms with Gasteiger partial charge in [0.2, 0.25) is 0 Å². The smallest absolute Gasteiger partial charge is 0.363 e. The number of nitrogens with zero attached hydrogens (tertiary/aromatic N) is 4. The van der Waals surface area contributed by atoms with Crippen molar-refractivity contribution in [2.24, 2.45) is 4.99 Å². The number of methoxy groups -OCH3 is 2. The van der Waals surface area contributed by atoms with Crippen molar-refractivity contribution < 1.29 is 23.8 Å². The van der Waals surface area contributed by atoms with Gasteiger partial charge in [-0.3, -0.25) is 9.88 Å². The highest BCUT2D eigenvalue weighted by atomic mass is 35.5. The van der Waals surface area contributed by atoms with Crippen LogP contribution in [-0.2, 0) is 15.2 Å². The average Bonchev–Trinajstić information content (AvgIpc) is 3.31. The summed E-state index contributed by atoms with van der Waals surface area (Å²) in [5.41, 5.74) is 0.586. The summed E-state index contributed by atoms with van der Waals surface area (Å²) in [4.78, 5) is 32.5. The zero-order valence-electron chi connectivity index (χ0n) is 22.8. The van der Waals surface area contributed by atoms with E-state index >= 15 is 0 Å². The number of halogens is 1. The summed E-state index contributed by atoms with van der Waals surface area (Å²) in [6, 6.07) is 18.6. The minimum Gasteiger partial charge on any atom is -0.497 e. The summed E-state index contributed by atoms with van der Waals surface area (Å²) >= 11 is 6.18. The molecule has 0 fully saturated rings. The van der Waals surface area contributed by atoms with Crippen LogP contribution in [0.15, 0.2) is 71.7 Å². The number of fused-ring (bicyclic) bond motifs is 3. The molecular formula is C29H27ClN6O5. The Morgan fingerprint density at radius 3 is 2.46 bits per heavy atom. The molecule has 1 atom stereocenters. The summed E-state index contributed by atoms with van der Waals surface area (Å²) in [7, 11) is 2.98. The predicted octanol–water partition coefficient (Wildman–Crippen LogP) is 4.63. The first-order valence-electron chi connectivity index (χ1n) is 12.7. The van der Waals surface area contributed by atoms with Gasteiger partial charge < -0.3 is 19.5 Å². The van der Waals surface area contributed by atoms with Crippen molar-refractivity contribution in [3.63, 3.8) is 0 Å². The van der Waals surface area contributed by atoms with Crippen LogP contribution in [0, 0.1) is 6.92 Å². The Balaban J connectivity index is 1.73. The molecule has 210 valence electrons. The van der Waals surface area contributed by atoms with Crippen molar-refractivity contribution in [1.29, 1.82) is 0 Å². The molecule has 4 aromatic rings. The number of ether oxygens (including phenoxy) is 3. The third kappa shape index (κ3) is 5.07. The number of esters is 1. The van der Waals surface area contributed by atoms with E-state index in [1.165, 1.54) is 14.2 Å².